The molecule has 0 aromatic heterocycles. The lowest BCUT2D eigenvalue weighted by Crippen LogP contribution is -2.04. The number of hydrogen-bond donors (Lipinski definition) is 1. The van der Waals surface area contributed by atoms with Gasteiger partial charge in [-0.1, -0.05) is 31.2 Å². The first kappa shape index (κ1) is 12.7. The van der Waals surface area contributed by atoms with Gasteiger partial charge >= 0.3 is 0 Å². The predicted molar refractivity (Wildman–Crippen MR) is 75.1 cm³/mol. The van der Waals surface area contributed by atoms with E-state index in [0.717, 1.165) is 24.5 Å². The van der Waals surface area contributed by atoms with Gasteiger partial charge in [-0.3, -0.25) is 0 Å². The normalized spacial score (nSPS) is 10.3. The fourth-order valence-corrected chi connectivity index (χ4v) is 1.89. The quantitative estimate of drug-likeness (QED) is 0.860. The fraction of sp³-hybridized carbons (Fsp3) is 0.250. The Morgan fingerprint density at radius 1 is 0.944 bits per heavy atom. The van der Waals surface area contributed by atoms with Crippen LogP contribution in [-0.2, 0) is 13.0 Å². The van der Waals surface area contributed by atoms with E-state index in [2.05, 4.69) is 36.5 Å². The molecule has 0 aliphatic carbocycles. The molecule has 0 fully saturated rings. The Labute approximate surface area is 109 Å². The highest BCUT2D eigenvalue weighted by Crippen LogP contribution is 2.23. The largest absolute Gasteiger partial charge is 0.457 e. The molecule has 0 aliphatic heterocycles. The molecule has 2 aromatic rings. The molecule has 2 heteroatoms. The maximum Gasteiger partial charge on any atom is 0.127 e. The molecule has 2 rings (SSSR count). The molecule has 0 saturated carbocycles. The highest BCUT2D eigenvalue weighted by Gasteiger charge is 1.99. The molecule has 0 spiro atoms. The molecule has 0 amide bonds. The van der Waals surface area contributed by atoms with Crippen molar-refractivity contribution in [3.8, 4) is 11.5 Å². The summed E-state index contributed by atoms with van der Waals surface area (Å²) in [6.07, 6.45) is 1.02. The van der Waals surface area contributed by atoms with Crippen molar-refractivity contribution in [2.24, 2.45) is 0 Å². The first-order chi connectivity index (χ1) is 8.81. The van der Waals surface area contributed by atoms with Crippen LogP contribution in [0.25, 0.3) is 0 Å². The van der Waals surface area contributed by atoms with Gasteiger partial charge in [0.25, 0.3) is 0 Å². The zero-order valence-electron chi connectivity index (χ0n) is 10.9. The minimum atomic E-state index is 0.853. The van der Waals surface area contributed by atoms with Gasteiger partial charge in [-0.25, -0.2) is 0 Å². The van der Waals surface area contributed by atoms with Crippen LogP contribution in [0.15, 0.2) is 48.5 Å². The van der Waals surface area contributed by atoms with E-state index in [0.29, 0.717) is 0 Å². The van der Waals surface area contributed by atoms with E-state index in [1.807, 2.05) is 31.3 Å². The van der Waals surface area contributed by atoms with Crippen LogP contribution in [0, 0.1) is 0 Å². The van der Waals surface area contributed by atoms with Crippen molar-refractivity contribution in [2.45, 2.75) is 19.9 Å². The Bertz CT molecular complexity index is 508. The van der Waals surface area contributed by atoms with Crippen LogP contribution in [0.1, 0.15) is 18.1 Å². The van der Waals surface area contributed by atoms with E-state index in [1.54, 1.807) is 0 Å². The third kappa shape index (κ3) is 3.34. The number of rotatable bonds is 5. The Kier molecular flexibility index (Phi) is 4.37. The smallest absolute Gasteiger partial charge is 0.127 e. The summed E-state index contributed by atoms with van der Waals surface area (Å²) in [7, 11) is 1.94. The molecule has 2 aromatic carbocycles. The maximum absolute atomic E-state index is 5.88. The average Bonchev–Trinajstić information content (AvgIpc) is 2.40. The Hall–Kier alpha value is -1.80. The second-order valence-corrected chi connectivity index (χ2v) is 4.28. The Morgan fingerprint density at radius 2 is 1.56 bits per heavy atom. The number of ether oxygens (including phenoxy) is 1. The van der Waals surface area contributed by atoms with Gasteiger partial charge in [-0.05, 0) is 48.9 Å². The summed E-state index contributed by atoms with van der Waals surface area (Å²) in [6, 6.07) is 16.4. The zero-order chi connectivity index (χ0) is 12.8. The summed E-state index contributed by atoms with van der Waals surface area (Å²) in [5.41, 5.74) is 2.51. The van der Waals surface area contributed by atoms with Gasteiger partial charge in [0.15, 0.2) is 0 Å². The van der Waals surface area contributed by atoms with Crippen molar-refractivity contribution in [3.63, 3.8) is 0 Å². The van der Waals surface area contributed by atoms with Crippen LogP contribution >= 0.6 is 0 Å². The van der Waals surface area contributed by atoms with Crippen molar-refractivity contribution in [3.05, 3.63) is 59.7 Å². The second-order valence-electron chi connectivity index (χ2n) is 4.28. The van der Waals surface area contributed by atoms with E-state index in [-0.39, 0.29) is 0 Å². The molecule has 18 heavy (non-hydrogen) atoms. The summed E-state index contributed by atoms with van der Waals surface area (Å²) in [6.45, 7) is 3.00. The molecule has 0 unspecified atom stereocenters. The van der Waals surface area contributed by atoms with E-state index < -0.39 is 0 Å². The third-order valence-electron chi connectivity index (χ3n) is 2.82. The first-order valence-corrected chi connectivity index (χ1v) is 6.32. The molecule has 2 nitrogen and oxygen atoms in total. The molecular formula is C16H19NO. The summed E-state index contributed by atoms with van der Waals surface area (Å²) < 4.78 is 5.88. The first-order valence-electron chi connectivity index (χ1n) is 6.32. The maximum atomic E-state index is 5.88. The predicted octanol–water partition coefficient (Wildman–Crippen LogP) is 3.76. The molecular weight excluding hydrogens is 222 g/mol. The lowest BCUT2D eigenvalue weighted by molar-refractivity contribution is 0.481. The van der Waals surface area contributed by atoms with Crippen molar-refractivity contribution in [1.29, 1.82) is 0 Å². The number of hydrogen-bond acceptors (Lipinski definition) is 2. The molecule has 0 radical (unpaired) electrons. The summed E-state index contributed by atoms with van der Waals surface area (Å²) in [5.74, 6) is 1.78. The van der Waals surface area contributed by atoms with Gasteiger partial charge in [0.05, 0.1) is 0 Å². The zero-order valence-corrected chi connectivity index (χ0v) is 10.9. The van der Waals surface area contributed by atoms with Crippen molar-refractivity contribution in [2.75, 3.05) is 7.05 Å². The van der Waals surface area contributed by atoms with Crippen LogP contribution < -0.4 is 10.1 Å². The van der Waals surface area contributed by atoms with E-state index in [1.165, 1.54) is 11.1 Å². The van der Waals surface area contributed by atoms with E-state index in [9.17, 15) is 0 Å². The Balaban J connectivity index is 2.14. The molecule has 0 atom stereocenters. The van der Waals surface area contributed by atoms with Crippen LogP contribution in [-0.4, -0.2) is 7.05 Å². The topological polar surface area (TPSA) is 21.3 Å². The van der Waals surface area contributed by atoms with Crippen molar-refractivity contribution in [1.82, 2.24) is 5.32 Å². The molecule has 0 aliphatic rings. The van der Waals surface area contributed by atoms with Gasteiger partial charge < -0.3 is 10.1 Å². The van der Waals surface area contributed by atoms with Gasteiger partial charge in [0.2, 0.25) is 0 Å². The minimum Gasteiger partial charge on any atom is -0.457 e. The second kappa shape index (κ2) is 6.22. The minimum absolute atomic E-state index is 0.853. The molecule has 0 bridgehead atoms. The standard InChI is InChI=1S/C16H19NO/c1-3-13-6-4-8-15(10-13)18-16-9-5-7-14(11-16)12-17-2/h4-11,17H,3,12H2,1-2H3. The molecule has 94 valence electrons. The van der Waals surface area contributed by atoms with Crippen molar-refractivity contribution >= 4 is 0 Å². The van der Waals surface area contributed by atoms with Crippen LogP contribution in [0.3, 0.4) is 0 Å². The van der Waals surface area contributed by atoms with Gasteiger partial charge in [-0.2, -0.15) is 0 Å². The van der Waals surface area contributed by atoms with E-state index in [4.69, 9.17) is 4.74 Å². The third-order valence-corrected chi connectivity index (χ3v) is 2.82. The summed E-state index contributed by atoms with van der Waals surface area (Å²) in [5, 5.41) is 3.14. The fourth-order valence-electron chi connectivity index (χ4n) is 1.89. The van der Waals surface area contributed by atoms with Crippen LogP contribution in [0.5, 0.6) is 11.5 Å². The molecule has 0 heterocycles. The SMILES string of the molecule is CCc1cccc(Oc2cccc(CNC)c2)c1. The summed E-state index contributed by atoms with van der Waals surface area (Å²) in [4.78, 5) is 0. The van der Waals surface area contributed by atoms with Gasteiger partial charge in [-0.15, -0.1) is 0 Å². The lowest BCUT2D eigenvalue weighted by atomic mass is 10.1. The molecule has 0 saturated heterocycles. The highest BCUT2D eigenvalue weighted by molar-refractivity contribution is 5.35. The van der Waals surface area contributed by atoms with E-state index >= 15 is 0 Å². The monoisotopic (exact) mass is 241 g/mol. The van der Waals surface area contributed by atoms with Crippen LogP contribution in [0.2, 0.25) is 0 Å². The number of nitrogens with one attached hydrogen (secondary N) is 1. The highest BCUT2D eigenvalue weighted by atomic mass is 16.5. The van der Waals surface area contributed by atoms with Crippen molar-refractivity contribution < 1.29 is 4.74 Å². The van der Waals surface area contributed by atoms with Gasteiger partial charge in [0.1, 0.15) is 11.5 Å². The van der Waals surface area contributed by atoms with Crippen LogP contribution in [0.4, 0.5) is 0 Å². The Morgan fingerprint density at radius 3 is 2.17 bits per heavy atom. The number of aryl methyl sites for hydroxylation is 1. The lowest BCUT2D eigenvalue weighted by Gasteiger charge is -2.08. The molecule has 1 N–H and O–H groups in total. The summed E-state index contributed by atoms with van der Waals surface area (Å²) >= 11 is 0. The number of benzene rings is 2. The van der Waals surface area contributed by atoms with Gasteiger partial charge in [0, 0.05) is 6.54 Å². The average molecular weight is 241 g/mol.